The van der Waals surface area contributed by atoms with Gasteiger partial charge in [-0.2, -0.15) is 0 Å². The molecule has 0 heterocycles. The fraction of sp³-hybridized carbons (Fsp3) is 0.571. The molecule has 1 unspecified atom stereocenters. The van der Waals surface area contributed by atoms with E-state index in [4.69, 9.17) is 4.65 Å². The largest absolute Gasteiger partial charge is 0.490 e. The minimum absolute atomic E-state index is 0.102. The first-order valence-corrected chi connectivity index (χ1v) is 12.3. The molecule has 3 N–H and O–H groups in total. The van der Waals surface area contributed by atoms with E-state index in [9.17, 15) is 10.1 Å². The van der Waals surface area contributed by atoms with Crippen LogP contribution in [0.2, 0.25) is 0 Å². The van der Waals surface area contributed by atoms with Gasteiger partial charge in [0.05, 0.1) is 5.60 Å². The van der Waals surface area contributed by atoms with E-state index in [1.54, 1.807) is 0 Å². The van der Waals surface area contributed by atoms with Crippen molar-refractivity contribution in [1.82, 2.24) is 5.32 Å². The molecule has 0 aliphatic heterocycles. The van der Waals surface area contributed by atoms with Crippen molar-refractivity contribution in [2.75, 3.05) is 7.11 Å². The molecule has 0 aliphatic carbocycles. The maximum absolute atomic E-state index is 10.7. The van der Waals surface area contributed by atoms with Crippen LogP contribution in [0.1, 0.15) is 91.3 Å². The standard InChI is InChI=1S/C24H36BNO3.2C2H6/c1-23(2,3)15-22(24(4,5)27)20-11-7-18(8-12-20)16-26-17-19-9-13-21(14-10-19)25(28)29-6;2*1-2/h7-14,22,26-28H,15-17H2,1-6H3;2*1-2H3. The molecule has 0 spiro atoms. The lowest BCUT2D eigenvalue weighted by Crippen LogP contribution is -2.32. The van der Waals surface area contributed by atoms with Crippen LogP contribution in [-0.4, -0.2) is 30.0 Å². The molecule has 0 radical (unpaired) electrons. The molecule has 0 aliphatic rings. The predicted octanol–water partition coefficient (Wildman–Crippen LogP) is 5.65. The first-order chi connectivity index (χ1) is 15.5. The lowest BCUT2D eigenvalue weighted by atomic mass is 9.74. The highest BCUT2D eigenvalue weighted by molar-refractivity contribution is 6.59. The van der Waals surface area contributed by atoms with Crippen molar-refractivity contribution in [3.05, 3.63) is 65.2 Å². The molecule has 0 saturated heterocycles. The molecule has 5 heteroatoms. The maximum atomic E-state index is 10.7. The van der Waals surface area contributed by atoms with Gasteiger partial charge in [-0.3, -0.25) is 0 Å². The van der Waals surface area contributed by atoms with E-state index in [1.165, 1.54) is 18.2 Å². The van der Waals surface area contributed by atoms with Crippen LogP contribution in [0.25, 0.3) is 0 Å². The molecule has 2 rings (SSSR count). The molecule has 0 aromatic heterocycles. The van der Waals surface area contributed by atoms with E-state index in [0.29, 0.717) is 0 Å². The van der Waals surface area contributed by atoms with E-state index in [0.717, 1.165) is 30.5 Å². The Bertz CT molecular complexity index is 747. The Morgan fingerprint density at radius 3 is 1.61 bits per heavy atom. The summed E-state index contributed by atoms with van der Waals surface area (Å²) in [5, 5.41) is 23.8. The fourth-order valence-corrected chi connectivity index (χ4v) is 3.54. The van der Waals surface area contributed by atoms with Gasteiger partial charge in [0.2, 0.25) is 0 Å². The Balaban J connectivity index is 0.00000242. The second kappa shape index (κ2) is 15.3. The van der Waals surface area contributed by atoms with Crippen molar-refractivity contribution in [3.63, 3.8) is 0 Å². The Morgan fingerprint density at radius 2 is 1.24 bits per heavy atom. The summed E-state index contributed by atoms with van der Waals surface area (Å²) >= 11 is 0. The van der Waals surface area contributed by atoms with Crippen molar-refractivity contribution in [2.45, 2.75) is 93.3 Å². The number of aliphatic hydroxyl groups is 1. The fourth-order valence-electron chi connectivity index (χ4n) is 3.54. The highest BCUT2D eigenvalue weighted by Gasteiger charge is 2.32. The average molecular weight is 458 g/mol. The van der Waals surface area contributed by atoms with Crippen LogP contribution in [-0.2, 0) is 17.7 Å². The van der Waals surface area contributed by atoms with E-state index >= 15 is 0 Å². The van der Waals surface area contributed by atoms with Crippen LogP contribution in [0.4, 0.5) is 0 Å². The second-order valence-corrected chi connectivity index (χ2v) is 9.65. The van der Waals surface area contributed by atoms with Crippen LogP contribution in [0.5, 0.6) is 0 Å². The molecule has 0 bridgehead atoms. The Hall–Kier alpha value is -1.66. The molecule has 0 saturated carbocycles. The Kier molecular flexibility index (Phi) is 14.5. The third-order valence-corrected chi connectivity index (χ3v) is 5.20. The third-order valence-electron chi connectivity index (χ3n) is 5.20. The smallest absolute Gasteiger partial charge is 0.423 e. The van der Waals surface area contributed by atoms with E-state index in [2.05, 4.69) is 50.4 Å². The summed E-state index contributed by atoms with van der Waals surface area (Å²) in [5.74, 6) is 0.102. The molecule has 0 fully saturated rings. The molecule has 2 aromatic carbocycles. The Labute approximate surface area is 203 Å². The zero-order valence-electron chi connectivity index (χ0n) is 22.7. The summed E-state index contributed by atoms with van der Waals surface area (Å²) in [7, 11) is 0.611. The van der Waals surface area contributed by atoms with Gasteiger partial charge in [-0.15, -0.1) is 0 Å². The van der Waals surface area contributed by atoms with Crippen LogP contribution in [0.15, 0.2) is 48.5 Å². The monoisotopic (exact) mass is 457 g/mol. The lowest BCUT2D eigenvalue weighted by molar-refractivity contribution is 0.0344. The number of nitrogens with one attached hydrogen (secondary N) is 1. The molecule has 33 heavy (non-hydrogen) atoms. The summed E-state index contributed by atoms with van der Waals surface area (Å²) in [5.41, 5.74) is 3.70. The van der Waals surface area contributed by atoms with Gasteiger partial charge in [0.15, 0.2) is 0 Å². The number of hydrogen-bond donors (Lipinski definition) is 3. The second-order valence-electron chi connectivity index (χ2n) is 9.65. The first kappa shape index (κ1) is 31.3. The molecule has 1 atom stereocenters. The van der Waals surface area contributed by atoms with Gasteiger partial charge in [-0.1, -0.05) is 97.0 Å². The molecule has 0 amide bonds. The van der Waals surface area contributed by atoms with E-state index in [1.807, 2.05) is 65.8 Å². The van der Waals surface area contributed by atoms with Gasteiger partial charge in [0.1, 0.15) is 0 Å². The maximum Gasteiger partial charge on any atom is 0.490 e. The quantitative estimate of drug-likeness (QED) is 0.426. The van der Waals surface area contributed by atoms with E-state index in [-0.39, 0.29) is 11.3 Å². The third kappa shape index (κ3) is 11.9. The molecule has 186 valence electrons. The molecule has 2 aromatic rings. The van der Waals surface area contributed by atoms with Gasteiger partial charge in [-0.05, 0) is 47.8 Å². The molecule has 4 nitrogen and oxygen atoms in total. The molecular formula is C28H48BNO3. The summed E-state index contributed by atoms with van der Waals surface area (Å²) in [6.45, 7) is 20.0. The summed E-state index contributed by atoms with van der Waals surface area (Å²) in [6.07, 6.45) is 0.932. The van der Waals surface area contributed by atoms with Gasteiger partial charge in [0, 0.05) is 26.1 Å². The minimum atomic E-state index is -0.874. The van der Waals surface area contributed by atoms with Gasteiger partial charge in [0.25, 0.3) is 0 Å². The summed E-state index contributed by atoms with van der Waals surface area (Å²) in [6, 6.07) is 16.3. The minimum Gasteiger partial charge on any atom is -0.423 e. The predicted molar refractivity (Wildman–Crippen MR) is 144 cm³/mol. The van der Waals surface area contributed by atoms with Crippen LogP contribution < -0.4 is 10.8 Å². The van der Waals surface area contributed by atoms with Gasteiger partial charge < -0.3 is 20.1 Å². The normalized spacial score (nSPS) is 12.1. The van der Waals surface area contributed by atoms with Crippen molar-refractivity contribution in [3.8, 4) is 0 Å². The zero-order valence-corrected chi connectivity index (χ0v) is 22.7. The average Bonchev–Trinajstić information content (AvgIpc) is 2.79. The lowest BCUT2D eigenvalue weighted by Gasteiger charge is -2.35. The van der Waals surface area contributed by atoms with Gasteiger partial charge in [-0.25, -0.2) is 0 Å². The molecular weight excluding hydrogens is 409 g/mol. The first-order valence-electron chi connectivity index (χ1n) is 12.3. The summed E-state index contributed by atoms with van der Waals surface area (Å²) in [4.78, 5) is 0. The zero-order chi connectivity index (χ0) is 25.7. The number of rotatable bonds is 9. The van der Waals surface area contributed by atoms with Crippen LogP contribution >= 0.6 is 0 Å². The van der Waals surface area contributed by atoms with Crippen LogP contribution in [0.3, 0.4) is 0 Å². The summed E-state index contributed by atoms with van der Waals surface area (Å²) < 4.78 is 4.91. The SMILES string of the molecule is CC.CC.COB(O)c1ccc(CNCc2ccc(C(CC(C)(C)C)C(C)(C)O)cc2)cc1. The Morgan fingerprint density at radius 1 is 0.818 bits per heavy atom. The van der Waals surface area contributed by atoms with Crippen molar-refractivity contribution >= 4 is 12.6 Å². The van der Waals surface area contributed by atoms with Gasteiger partial charge >= 0.3 is 7.12 Å². The topological polar surface area (TPSA) is 61.7 Å². The number of hydrogen-bond acceptors (Lipinski definition) is 4. The highest BCUT2D eigenvalue weighted by Crippen LogP contribution is 2.38. The van der Waals surface area contributed by atoms with E-state index < -0.39 is 12.7 Å². The number of benzene rings is 2. The van der Waals surface area contributed by atoms with Crippen LogP contribution in [0, 0.1) is 5.41 Å². The van der Waals surface area contributed by atoms with Crippen molar-refractivity contribution in [2.24, 2.45) is 5.41 Å². The highest BCUT2D eigenvalue weighted by atomic mass is 16.5. The van der Waals surface area contributed by atoms with Crippen molar-refractivity contribution in [1.29, 1.82) is 0 Å². The van der Waals surface area contributed by atoms with Crippen molar-refractivity contribution < 1.29 is 14.8 Å².